The molecule has 2 N–H and O–H groups in total. The van der Waals surface area contributed by atoms with Gasteiger partial charge in [-0.1, -0.05) is 30.3 Å². The summed E-state index contributed by atoms with van der Waals surface area (Å²) < 4.78 is 0. The molecule has 166 valence electrons. The Bertz CT molecular complexity index is 884. The number of carbonyl (C=O) groups is 3. The lowest BCUT2D eigenvalue weighted by Crippen LogP contribution is -2.59. The number of fused-ring (bicyclic) bond motifs is 1. The lowest BCUT2D eigenvalue weighted by atomic mass is 9.96. The quantitative estimate of drug-likeness (QED) is 0.779. The highest BCUT2D eigenvalue weighted by Gasteiger charge is 2.58. The summed E-state index contributed by atoms with van der Waals surface area (Å²) in [6.45, 7) is 3.06. The van der Waals surface area contributed by atoms with Crippen LogP contribution in [0.3, 0.4) is 0 Å². The molecule has 4 fully saturated rings. The molecule has 4 atom stereocenters. The Labute approximate surface area is 183 Å². The summed E-state index contributed by atoms with van der Waals surface area (Å²) in [6, 6.07) is 9.25. The van der Waals surface area contributed by atoms with Crippen molar-refractivity contribution in [3.63, 3.8) is 0 Å². The summed E-state index contributed by atoms with van der Waals surface area (Å²) in [5, 5.41) is 0. The molecule has 1 aliphatic carbocycles. The third kappa shape index (κ3) is 3.53. The van der Waals surface area contributed by atoms with E-state index in [-0.39, 0.29) is 35.8 Å². The second-order valence-electron chi connectivity index (χ2n) is 9.84. The van der Waals surface area contributed by atoms with Crippen LogP contribution < -0.4 is 5.73 Å². The van der Waals surface area contributed by atoms with Crippen LogP contribution in [-0.2, 0) is 14.4 Å². The maximum absolute atomic E-state index is 13.8. The van der Waals surface area contributed by atoms with E-state index in [1.165, 1.54) is 12.5 Å². The Kier molecular flexibility index (Phi) is 5.04. The van der Waals surface area contributed by atoms with Crippen molar-refractivity contribution in [1.82, 2.24) is 14.7 Å². The van der Waals surface area contributed by atoms with Crippen LogP contribution in [0.2, 0.25) is 0 Å². The second kappa shape index (κ2) is 7.62. The molecule has 31 heavy (non-hydrogen) atoms. The fourth-order valence-electron chi connectivity index (χ4n) is 6.05. The van der Waals surface area contributed by atoms with Gasteiger partial charge < -0.3 is 20.4 Å². The van der Waals surface area contributed by atoms with Crippen molar-refractivity contribution in [3.05, 3.63) is 35.9 Å². The Morgan fingerprint density at radius 1 is 1.06 bits per heavy atom. The highest BCUT2D eigenvalue weighted by atomic mass is 16.2. The zero-order valence-electron chi connectivity index (χ0n) is 18.2. The highest BCUT2D eigenvalue weighted by molar-refractivity contribution is 5.92. The minimum Gasteiger partial charge on any atom is -0.341 e. The van der Waals surface area contributed by atoms with E-state index in [9.17, 15) is 14.4 Å². The molecular weight excluding hydrogens is 392 g/mol. The first-order valence-corrected chi connectivity index (χ1v) is 11.6. The van der Waals surface area contributed by atoms with Crippen LogP contribution in [-0.4, -0.2) is 75.7 Å². The Morgan fingerprint density at radius 3 is 2.48 bits per heavy atom. The summed E-state index contributed by atoms with van der Waals surface area (Å²) in [6.07, 6.45) is 5.31. The molecule has 3 amide bonds. The van der Waals surface area contributed by atoms with E-state index in [1.54, 1.807) is 9.80 Å². The number of hydrogen-bond donors (Lipinski definition) is 1. The summed E-state index contributed by atoms with van der Waals surface area (Å²) in [7, 11) is 0. The van der Waals surface area contributed by atoms with Gasteiger partial charge in [-0.3, -0.25) is 14.4 Å². The van der Waals surface area contributed by atoms with Gasteiger partial charge in [0.15, 0.2) is 0 Å². The van der Waals surface area contributed by atoms with Crippen LogP contribution >= 0.6 is 0 Å². The maximum Gasteiger partial charge on any atom is 0.245 e. The van der Waals surface area contributed by atoms with Crippen LogP contribution in [0.1, 0.15) is 56.9 Å². The molecule has 0 bridgehead atoms. The fraction of sp³-hybridized carbons (Fsp3) is 0.625. The number of nitrogens with two attached hydrogens (primary N) is 1. The van der Waals surface area contributed by atoms with Gasteiger partial charge in [-0.05, 0) is 44.1 Å². The predicted octanol–water partition coefficient (Wildman–Crippen LogP) is 1.47. The minimum absolute atomic E-state index is 0.0164. The first-order chi connectivity index (χ1) is 14.9. The third-order valence-electron chi connectivity index (χ3n) is 7.92. The maximum atomic E-state index is 13.8. The molecule has 0 aromatic heterocycles. The molecule has 5 rings (SSSR count). The van der Waals surface area contributed by atoms with Crippen molar-refractivity contribution < 1.29 is 14.4 Å². The molecule has 0 radical (unpaired) electrons. The largest absolute Gasteiger partial charge is 0.341 e. The van der Waals surface area contributed by atoms with Crippen molar-refractivity contribution in [2.24, 2.45) is 5.73 Å². The number of benzene rings is 1. The Morgan fingerprint density at radius 2 is 1.81 bits per heavy atom. The SMILES string of the molecule is CC(=O)N1CC[C@H]2CC[C@@H](C(=O)N3CC(c4ccccc4)CC34CC4)N2C(=O)[C@@H](N)C1. The molecule has 1 spiro atoms. The monoisotopic (exact) mass is 424 g/mol. The van der Waals surface area contributed by atoms with Gasteiger partial charge in [0.25, 0.3) is 0 Å². The molecule has 7 nitrogen and oxygen atoms in total. The Hall–Kier alpha value is -2.41. The van der Waals surface area contributed by atoms with Crippen molar-refractivity contribution in [2.45, 2.75) is 75.0 Å². The van der Waals surface area contributed by atoms with Gasteiger partial charge in [0.1, 0.15) is 12.1 Å². The summed E-state index contributed by atoms with van der Waals surface area (Å²) in [4.78, 5) is 44.4. The van der Waals surface area contributed by atoms with Gasteiger partial charge in [0.05, 0.1) is 0 Å². The minimum atomic E-state index is -0.773. The molecule has 3 aliphatic heterocycles. The number of likely N-dealkylation sites (tertiary alicyclic amines) is 1. The molecule has 1 aromatic carbocycles. The van der Waals surface area contributed by atoms with Crippen LogP contribution in [0.25, 0.3) is 0 Å². The zero-order valence-corrected chi connectivity index (χ0v) is 18.2. The van der Waals surface area contributed by atoms with Gasteiger partial charge in [0.2, 0.25) is 17.7 Å². The van der Waals surface area contributed by atoms with E-state index in [2.05, 4.69) is 29.2 Å². The number of rotatable bonds is 2. The Balaban J connectivity index is 1.35. The van der Waals surface area contributed by atoms with Gasteiger partial charge in [-0.15, -0.1) is 0 Å². The van der Waals surface area contributed by atoms with Crippen molar-refractivity contribution >= 4 is 17.7 Å². The first kappa shape index (κ1) is 20.5. The highest BCUT2D eigenvalue weighted by Crippen LogP contribution is 2.54. The first-order valence-electron chi connectivity index (χ1n) is 11.6. The van der Waals surface area contributed by atoms with Crippen LogP contribution in [0.4, 0.5) is 0 Å². The van der Waals surface area contributed by atoms with Gasteiger partial charge >= 0.3 is 0 Å². The fourth-order valence-corrected chi connectivity index (χ4v) is 6.05. The number of hydrogen-bond acceptors (Lipinski definition) is 4. The number of carbonyl (C=O) groups excluding carboxylic acids is 3. The van der Waals surface area contributed by atoms with Crippen molar-refractivity contribution in [3.8, 4) is 0 Å². The normalized spacial score (nSPS) is 32.1. The van der Waals surface area contributed by atoms with E-state index in [0.29, 0.717) is 25.3 Å². The van der Waals surface area contributed by atoms with Crippen LogP contribution in [0.15, 0.2) is 30.3 Å². The van der Waals surface area contributed by atoms with Crippen molar-refractivity contribution in [1.29, 1.82) is 0 Å². The smallest absolute Gasteiger partial charge is 0.245 e. The van der Waals surface area contributed by atoms with Gasteiger partial charge in [0, 0.05) is 44.1 Å². The van der Waals surface area contributed by atoms with E-state index in [1.807, 2.05) is 6.07 Å². The van der Waals surface area contributed by atoms with Crippen LogP contribution in [0.5, 0.6) is 0 Å². The average molecular weight is 425 g/mol. The summed E-state index contributed by atoms with van der Waals surface area (Å²) >= 11 is 0. The van der Waals surface area contributed by atoms with Gasteiger partial charge in [-0.25, -0.2) is 0 Å². The zero-order chi connectivity index (χ0) is 21.8. The predicted molar refractivity (Wildman–Crippen MR) is 116 cm³/mol. The van der Waals surface area contributed by atoms with E-state index >= 15 is 0 Å². The molecule has 1 unspecified atom stereocenters. The second-order valence-corrected chi connectivity index (χ2v) is 9.84. The number of amides is 3. The molecular formula is C24H32N4O3. The van der Waals surface area contributed by atoms with Gasteiger partial charge in [-0.2, -0.15) is 0 Å². The number of nitrogens with zero attached hydrogens (tertiary/aromatic N) is 3. The van der Waals surface area contributed by atoms with Crippen molar-refractivity contribution in [2.75, 3.05) is 19.6 Å². The van der Waals surface area contributed by atoms with E-state index in [0.717, 1.165) is 32.2 Å². The standard InChI is InChI=1S/C24H32N4O3/c1-16(29)26-12-9-19-7-8-21(28(19)22(30)20(25)15-26)23(31)27-14-18(13-24(27)10-11-24)17-5-3-2-4-6-17/h2-6,18-21H,7-15,25H2,1H3/t18?,19-,20+,21+/m1/s1. The lowest BCUT2D eigenvalue weighted by molar-refractivity contribution is -0.149. The topological polar surface area (TPSA) is 87.0 Å². The summed E-state index contributed by atoms with van der Waals surface area (Å²) in [5.41, 5.74) is 7.48. The molecule has 4 aliphatic rings. The lowest BCUT2D eigenvalue weighted by Gasteiger charge is -2.38. The molecule has 1 aromatic rings. The van der Waals surface area contributed by atoms with Crippen LogP contribution in [0, 0.1) is 0 Å². The molecule has 7 heteroatoms. The van der Waals surface area contributed by atoms with E-state index < -0.39 is 12.1 Å². The molecule has 1 saturated carbocycles. The third-order valence-corrected chi connectivity index (χ3v) is 7.92. The van der Waals surface area contributed by atoms with E-state index in [4.69, 9.17) is 5.73 Å². The summed E-state index contributed by atoms with van der Waals surface area (Å²) in [5.74, 6) is 0.222. The molecule has 3 saturated heterocycles. The molecule has 3 heterocycles. The average Bonchev–Trinajstić information content (AvgIpc) is 3.25.